The molecule has 2 fully saturated rings. The van der Waals surface area contributed by atoms with Crippen molar-refractivity contribution in [1.29, 1.82) is 0 Å². The molecule has 3 rings (SSSR count). The summed E-state index contributed by atoms with van der Waals surface area (Å²) in [5, 5.41) is 6.09. The normalized spacial score (nSPS) is 19.2. The van der Waals surface area contributed by atoms with E-state index < -0.39 is 0 Å². The molecule has 0 radical (unpaired) electrons. The number of hydrogen-bond donors (Lipinski definition) is 2. The molecule has 2 N–H and O–H groups in total. The summed E-state index contributed by atoms with van der Waals surface area (Å²) in [5.74, 6) is 1.45. The number of hydrogen-bond acceptors (Lipinski definition) is 4. The number of carbonyl (C=O) groups is 2. The van der Waals surface area contributed by atoms with Crippen LogP contribution in [0.1, 0.15) is 44.9 Å². The van der Waals surface area contributed by atoms with E-state index in [1.807, 2.05) is 24.3 Å². The van der Waals surface area contributed by atoms with Crippen molar-refractivity contribution >= 4 is 17.5 Å². The van der Waals surface area contributed by atoms with E-state index in [2.05, 4.69) is 15.5 Å². The highest BCUT2D eigenvalue weighted by Gasteiger charge is 2.26. The van der Waals surface area contributed by atoms with E-state index in [9.17, 15) is 9.59 Å². The van der Waals surface area contributed by atoms with Gasteiger partial charge in [0.05, 0.1) is 19.3 Å². The lowest BCUT2D eigenvalue weighted by molar-refractivity contribution is -0.123. The van der Waals surface area contributed by atoms with Crippen LogP contribution in [-0.2, 0) is 9.59 Å². The number of likely N-dealkylation sites (tertiary alicyclic amines) is 1. The number of anilines is 1. The quantitative estimate of drug-likeness (QED) is 0.754. The van der Waals surface area contributed by atoms with Crippen LogP contribution in [0.25, 0.3) is 0 Å². The average Bonchev–Trinajstić information content (AvgIpc) is 2.74. The molecule has 0 aromatic heterocycles. The third-order valence-corrected chi connectivity index (χ3v) is 6.00. The number of ether oxygens (including phenoxy) is 1. The van der Waals surface area contributed by atoms with Gasteiger partial charge >= 0.3 is 0 Å². The van der Waals surface area contributed by atoms with E-state index >= 15 is 0 Å². The van der Waals surface area contributed by atoms with Crippen molar-refractivity contribution in [3.63, 3.8) is 0 Å². The summed E-state index contributed by atoms with van der Waals surface area (Å²) in [5.41, 5.74) is 0.708. The number of methoxy groups -OCH3 is 1. The lowest BCUT2D eigenvalue weighted by Crippen LogP contribution is -2.44. The van der Waals surface area contributed by atoms with Crippen LogP contribution in [0.15, 0.2) is 24.3 Å². The van der Waals surface area contributed by atoms with Crippen LogP contribution in [0.5, 0.6) is 5.75 Å². The molecule has 0 spiro atoms. The Labute approximate surface area is 168 Å². The van der Waals surface area contributed by atoms with Crippen molar-refractivity contribution in [2.45, 2.75) is 44.9 Å². The van der Waals surface area contributed by atoms with Crippen molar-refractivity contribution in [1.82, 2.24) is 10.2 Å². The minimum atomic E-state index is -0.0218. The van der Waals surface area contributed by atoms with Gasteiger partial charge in [-0.3, -0.25) is 14.5 Å². The Kier molecular flexibility index (Phi) is 7.71. The molecule has 1 aromatic carbocycles. The first-order valence-corrected chi connectivity index (χ1v) is 10.6. The number of nitrogens with one attached hydrogen (secondary N) is 2. The predicted molar refractivity (Wildman–Crippen MR) is 110 cm³/mol. The Balaban J connectivity index is 1.37. The molecule has 154 valence electrons. The fourth-order valence-corrected chi connectivity index (χ4v) is 4.24. The van der Waals surface area contributed by atoms with Gasteiger partial charge in [-0.05, 0) is 56.8 Å². The maximum Gasteiger partial charge on any atom is 0.234 e. The van der Waals surface area contributed by atoms with Gasteiger partial charge in [-0.2, -0.15) is 0 Å². The van der Waals surface area contributed by atoms with Crippen LogP contribution in [0, 0.1) is 11.8 Å². The van der Waals surface area contributed by atoms with Crippen molar-refractivity contribution in [3.05, 3.63) is 24.3 Å². The number of benzene rings is 1. The van der Waals surface area contributed by atoms with Crippen LogP contribution >= 0.6 is 0 Å². The number of para-hydroxylation sites is 2. The van der Waals surface area contributed by atoms with E-state index in [-0.39, 0.29) is 17.7 Å². The first-order chi connectivity index (χ1) is 13.7. The molecule has 0 bridgehead atoms. The lowest BCUT2D eigenvalue weighted by Gasteiger charge is -2.31. The first-order valence-electron chi connectivity index (χ1n) is 10.6. The summed E-state index contributed by atoms with van der Waals surface area (Å²) < 4.78 is 5.29. The van der Waals surface area contributed by atoms with Gasteiger partial charge in [-0.25, -0.2) is 0 Å². The molecule has 0 atom stereocenters. The van der Waals surface area contributed by atoms with Crippen LogP contribution in [0.2, 0.25) is 0 Å². The number of amides is 2. The molecule has 1 aliphatic carbocycles. The maximum atomic E-state index is 12.6. The standard InChI is InChI=1S/C22H33N3O3/c1-28-20-10-6-5-9-19(20)24-22(27)18-11-13-25(14-12-18)16-21(26)23-15-17-7-3-2-4-8-17/h5-6,9-10,17-18H,2-4,7-8,11-16H2,1H3,(H,23,26)(H,24,27). The van der Waals surface area contributed by atoms with Crippen molar-refractivity contribution in [2.75, 3.05) is 38.6 Å². The van der Waals surface area contributed by atoms with Gasteiger partial charge in [-0.15, -0.1) is 0 Å². The fraction of sp³-hybridized carbons (Fsp3) is 0.636. The summed E-state index contributed by atoms with van der Waals surface area (Å²) >= 11 is 0. The smallest absolute Gasteiger partial charge is 0.234 e. The Morgan fingerprint density at radius 2 is 1.79 bits per heavy atom. The number of rotatable bonds is 7. The SMILES string of the molecule is COc1ccccc1NC(=O)C1CCN(CC(=O)NCC2CCCCC2)CC1. The highest BCUT2D eigenvalue weighted by Crippen LogP contribution is 2.26. The molecule has 1 aliphatic heterocycles. The first kappa shape index (κ1) is 20.6. The van der Waals surface area contributed by atoms with Crippen LogP contribution in [-0.4, -0.2) is 50.0 Å². The van der Waals surface area contributed by atoms with Crippen molar-refractivity contribution < 1.29 is 14.3 Å². The van der Waals surface area contributed by atoms with Gasteiger partial charge in [-0.1, -0.05) is 31.4 Å². The van der Waals surface area contributed by atoms with E-state index in [1.165, 1.54) is 32.1 Å². The molecule has 6 heteroatoms. The van der Waals surface area contributed by atoms with Crippen molar-refractivity contribution in [2.24, 2.45) is 11.8 Å². The molecular weight excluding hydrogens is 354 g/mol. The second kappa shape index (κ2) is 10.5. The van der Waals surface area contributed by atoms with E-state index in [1.54, 1.807) is 7.11 Å². The Bertz CT molecular complexity index is 650. The molecule has 1 saturated heterocycles. The third-order valence-electron chi connectivity index (χ3n) is 6.00. The molecule has 2 amide bonds. The molecule has 28 heavy (non-hydrogen) atoms. The summed E-state index contributed by atoms with van der Waals surface area (Å²) in [6.45, 7) is 2.81. The molecule has 2 aliphatic rings. The Morgan fingerprint density at radius 1 is 1.07 bits per heavy atom. The van der Waals surface area contributed by atoms with E-state index in [0.29, 0.717) is 23.9 Å². The van der Waals surface area contributed by atoms with Gasteiger partial charge in [0.1, 0.15) is 5.75 Å². The maximum absolute atomic E-state index is 12.6. The van der Waals surface area contributed by atoms with Crippen LogP contribution < -0.4 is 15.4 Å². The zero-order chi connectivity index (χ0) is 19.8. The van der Waals surface area contributed by atoms with E-state index in [0.717, 1.165) is 32.5 Å². The second-order valence-electron chi connectivity index (χ2n) is 8.05. The summed E-state index contributed by atoms with van der Waals surface area (Å²) in [6.07, 6.45) is 7.97. The highest BCUT2D eigenvalue weighted by atomic mass is 16.5. The predicted octanol–water partition coefficient (Wildman–Crippen LogP) is 3.04. The molecular formula is C22H33N3O3. The molecule has 1 saturated carbocycles. The third kappa shape index (κ3) is 5.96. The van der Waals surface area contributed by atoms with Crippen molar-refractivity contribution in [3.8, 4) is 5.75 Å². The molecule has 0 unspecified atom stereocenters. The fourth-order valence-electron chi connectivity index (χ4n) is 4.24. The molecule has 1 aromatic rings. The summed E-state index contributed by atoms with van der Waals surface area (Å²) in [6, 6.07) is 7.45. The Hall–Kier alpha value is -2.08. The number of carbonyl (C=O) groups excluding carboxylic acids is 2. The van der Waals surface area contributed by atoms with Crippen LogP contribution in [0.3, 0.4) is 0 Å². The lowest BCUT2D eigenvalue weighted by atomic mass is 9.89. The minimum Gasteiger partial charge on any atom is -0.495 e. The van der Waals surface area contributed by atoms with Gasteiger partial charge in [0.2, 0.25) is 11.8 Å². The topological polar surface area (TPSA) is 70.7 Å². The van der Waals surface area contributed by atoms with Gasteiger partial charge < -0.3 is 15.4 Å². The van der Waals surface area contributed by atoms with Gasteiger partial charge in [0.15, 0.2) is 0 Å². The second-order valence-corrected chi connectivity index (χ2v) is 8.05. The number of piperidine rings is 1. The monoisotopic (exact) mass is 387 g/mol. The summed E-state index contributed by atoms with van der Waals surface area (Å²) in [4.78, 5) is 27.0. The largest absolute Gasteiger partial charge is 0.495 e. The average molecular weight is 388 g/mol. The van der Waals surface area contributed by atoms with Gasteiger partial charge in [0.25, 0.3) is 0 Å². The highest BCUT2D eigenvalue weighted by molar-refractivity contribution is 5.94. The van der Waals surface area contributed by atoms with E-state index in [4.69, 9.17) is 4.74 Å². The zero-order valence-corrected chi connectivity index (χ0v) is 16.9. The minimum absolute atomic E-state index is 0.0218. The molecule has 6 nitrogen and oxygen atoms in total. The van der Waals surface area contributed by atoms with Gasteiger partial charge in [0, 0.05) is 12.5 Å². The number of nitrogens with zero attached hydrogens (tertiary/aromatic N) is 1. The van der Waals surface area contributed by atoms with Crippen LogP contribution in [0.4, 0.5) is 5.69 Å². The molecule has 1 heterocycles. The Morgan fingerprint density at radius 3 is 2.50 bits per heavy atom. The zero-order valence-electron chi connectivity index (χ0n) is 16.9. The summed E-state index contributed by atoms with van der Waals surface area (Å²) in [7, 11) is 1.60.